The van der Waals surface area contributed by atoms with E-state index in [0.717, 1.165) is 29.2 Å². The van der Waals surface area contributed by atoms with Gasteiger partial charge in [-0.3, -0.25) is 9.69 Å². The van der Waals surface area contributed by atoms with Crippen LogP contribution in [0.1, 0.15) is 42.1 Å². The van der Waals surface area contributed by atoms with Crippen molar-refractivity contribution in [3.63, 3.8) is 0 Å². The lowest BCUT2D eigenvalue weighted by Gasteiger charge is -2.15. The van der Waals surface area contributed by atoms with E-state index >= 15 is 0 Å². The molecule has 1 aliphatic rings. The van der Waals surface area contributed by atoms with Gasteiger partial charge in [-0.05, 0) is 69.3 Å². The minimum Gasteiger partial charge on any atom is -0.492 e. The topological polar surface area (TPSA) is 79.4 Å². The Morgan fingerprint density at radius 3 is 2.61 bits per heavy atom. The number of aromatic nitrogens is 2. The zero-order valence-corrected chi connectivity index (χ0v) is 19.3. The highest BCUT2D eigenvalue weighted by molar-refractivity contribution is 5.96. The molecule has 0 atom stereocenters. The number of carbonyl (C=O) groups is 1. The van der Waals surface area contributed by atoms with Crippen molar-refractivity contribution >= 4 is 28.9 Å². The number of benzene rings is 2. The second-order valence-electron chi connectivity index (χ2n) is 8.25. The van der Waals surface area contributed by atoms with Crippen molar-refractivity contribution in [2.75, 3.05) is 36.9 Å². The number of ether oxygens (including phenoxy) is 1. The van der Waals surface area contributed by atoms with Gasteiger partial charge >= 0.3 is 0 Å². The second kappa shape index (κ2) is 10.9. The maximum Gasteiger partial charge on any atom is 0.229 e. The highest BCUT2D eigenvalue weighted by atomic mass is 16.5. The Hall–Kier alpha value is -3.45. The third-order valence-electron chi connectivity index (χ3n) is 5.73. The SMILES string of the molecule is CCC(=O)c1cccc(Nc2nc(Nc3ccc(OCCN4CCCC4)cc3)ncc2C)c1. The van der Waals surface area contributed by atoms with Crippen LogP contribution < -0.4 is 15.4 Å². The van der Waals surface area contributed by atoms with Crippen LogP contribution >= 0.6 is 0 Å². The van der Waals surface area contributed by atoms with Gasteiger partial charge in [-0.1, -0.05) is 19.1 Å². The molecule has 0 saturated carbocycles. The molecule has 1 aliphatic heterocycles. The molecule has 1 aromatic heterocycles. The van der Waals surface area contributed by atoms with Gasteiger partial charge in [0.25, 0.3) is 0 Å². The molecule has 1 saturated heterocycles. The van der Waals surface area contributed by atoms with Crippen LogP contribution in [0.3, 0.4) is 0 Å². The Kier molecular flexibility index (Phi) is 7.52. The van der Waals surface area contributed by atoms with Gasteiger partial charge in [-0.25, -0.2) is 4.98 Å². The summed E-state index contributed by atoms with van der Waals surface area (Å²) in [6.45, 7) is 7.85. The number of likely N-dealkylation sites (tertiary alicyclic amines) is 1. The van der Waals surface area contributed by atoms with Crippen LogP contribution in [-0.4, -0.2) is 46.9 Å². The monoisotopic (exact) mass is 445 g/mol. The van der Waals surface area contributed by atoms with Crippen molar-refractivity contribution in [1.82, 2.24) is 14.9 Å². The van der Waals surface area contributed by atoms with Gasteiger partial charge in [0.15, 0.2) is 5.78 Å². The van der Waals surface area contributed by atoms with Gasteiger partial charge < -0.3 is 15.4 Å². The predicted octanol–water partition coefficient (Wildman–Crippen LogP) is 5.34. The summed E-state index contributed by atoms with van der Waals surface area (Å²) in [5, 5.41) is 6.55. The van der Waals surface area contributed by atoms with Crippen molar-refractivity contribution in [3.8, 4) is 5.75 Å². The summed E-state index contributed by atoms with van der Waals surface area (Å²) in [6, 6.07) is 15.3. The average molecular weight is 446 g/mol. The zero-order chi connectivity index (χ0) is 23.0. The first-order valence-electron chi connectivity index (χ1n) is 11.6. The van der Waals surface area contributed by atoms with E-state index < -0.39 is 0 Å². The molecule has 0 aliphatic carbocycles. The number of carbonyl (C=O) groups excluding carboxylic acids is 1. The summed E-state index contributed by atoms with van der Waals surface area (Å²) in [5.74, 6) is 2.15. The first-order valence-corrected chi connectivity index (χ1v) is 11.6. The number of nitrogens with one attached hydrogen (secondary N) is 2. The van der Waals surface area contributed by atoms with E-state index in [1.54, 1.807) is 6.20 Å². The van der Waals surface area contributed by atoms with Gasteiger partial charge in [0.05, 0.1) is 0 Å². The number of aryl methyl sites for hydroxylation is 1. The van der Waals surface area contributed by atoms with Crippen molar-refractivity contribution in [2.45, 2.75) is 33.1 Å². The minimum absolute atomic E-state index is 0.115. The molecule has 33 heavy (non-hydrogen) atoms. The normalized spacial score (nSPS) is 13.6. The molecule has 2 heterocycles. The highest BCUT2D eigenvalue weighted by Crippen LogP contribution is 2.23. The van der Waals surface area contributed by atoms with Gasteiger partial charge in [-0.15, -0.1) is 0 Å². The number of hydrogen-bond acceptors (Lipinski definition) is 7. The lowest BCUT2D eigenvalue weighted by molar-refractivity contribution is 0.0988. The Morgan fingerprint density at radius 1 is 1.06 bits per heavy atom. The number of ketones is 1. The van der Waals surface area contributed by atoms with E-state index in [-0.39, 0.29) is 5.78 Å². The standard InChI is InChI=1S/C26H31N5O2/c1-3-24(32)20-7-6-8-22(17-20)28-25-19(2)18-27-26(30-25)29-21-9-11-23(12-10-21)33-16-15-31-13-4-5-14-31/h6-12,17-18H,3-5,13-16H2,1-2H3,(H2,27,28,29,30). The molecule has 4 rings (SSSR count). The van der Waals surface area contributed by atoms with Gasteiger partial charge in [0.1, 0.15) is 18.2 Å². The van der Waals surface area contributed by atoms with Crippen LogP contribution in [0.15, 0.2) is 54.7 Å². The Morgan fingerprint density at radius 2 is 1.85 bits per heavy atom. The van der Waals surface area contributed by atoms with E-state index in [2.05, 4.69) is 25.5 Å². The largest absolute Gasteiger partial charge is 0.492 e. The molecular weight excluding hydrogens is 414 g/mol. The van der Waals surface area contributed by atoms with E-state index in [0.29, 0.717) is 30.4 Å². The molecule has 0 radical (unpaired) electrons. The quantitative estimate of drug-likeness (QED) is 0.408. The zero-order valence-electron chi connectivity index (χ0n) is 19.3. The molecule has 1 fully saturated rings. The Labute approximate surface area is 195 Å². The summed E-state index contributed by atoms with van der Waals surface area (Å²) in [7, 11) is 0. The molecule has 172 valence electrons. The molecule has 7 heteroatoms. The van der Waals surface area contributed by atoms with Crippen LogP contribution in [0, 0.1) is 6.92 Å². The van der Waals surface area contributed by atoms with Crippen molar-refractivity contribution in [1.29, 1.82) is 0 Å². The summed E-state index contributed by atoms with van der Waals surface area (Å²) < 4.78 is 5.87. The molecule has 0 spiro atoms. The minimum atomic E-state index is 0.115. The average Bonchev–Trinajstić information content (AvgIpc) is 3.35. The van der Waals surface area contributed by atoms with Gasteiger partial charge in [-0.2, -0.15) is 4.98 Å². The first-order chi connectivity index (χ1) is 16.1. The lowest BCUT2D eigenvalue weighted by Crippen LogP contribution is -2.25. The van der Waals surface area contributed by atoms with E-state index in [4.69, 9.17) is 4.74 Å². The van der Waals surface area contributed by atoms with Crippen molar-refractivity contribution in [3.05, 3.63) is 65.9 Å². The molecule has 0 unspecified atom stereocenters. The third-order valence-corrected chi connectivity index (χ3v) is 5.73. The maximum absolute atomic E-state index is 12.0. The van der Waals surface area contributed by atoms with Crippen LogP contribution in [0.5, 0.6) is 5.75 Å². The number of Topliss-reactive ketones (excluding diaryl/α,β-unsaturated/α-hetero) is 1. The van der Waals surface area contributed by atoms with Crippen LogP contribution in [0.2, 0.25) is 0 Å². The Balaban J connectivity index is 1.37. The molecular formula is C26H31N5O2. The van der Waals surface area contributed by atoms with Gasteiger partial charge in [0.2, 0.25) is 5.95 Å². The van der Waals surface area contributed by atoms with E-state index in [9.17, 15) is 4.79 Å². The van der Waals surface area contributed by atoms with Gasteiger partial charge in [0, 0.05) is 41.7 Å². The smallest absolute Gasteiger partial charge is 0.229 e. The highest BCUT2D eigenvalue weighted by Gasteiger charge is 2.11. The number of rotatable bonds is 10. The lowest BCUT2D eigenvalue weighted by atomic mass is 10.1. The summed E-state index contributed by atoms with van der Waals surface area (Å²) in [6.07, 6.45) is 4.84. The van der Waals surface area contributed by atoms with Crippen LogP contribution in [0.4, 0.5) is 23.1 Å². The maximum atomic E-state index is 12.0. The van der Waals surface area contributed by atoms with E-state index in [1.807, 2.05) is 62.4 Å². The molecule has 7 nitrogen and oxygen atoms in total. The summed E-state index contributed by atoms with van der Waals surface area (Å²) in [5.41, 5.74) is 3.30. The molecule has 3 aromatic rings. The number of hydrogen-bond donors (Lipinski definition) is 2. The summed E-state index contributed by atoms with van der Waals surface area (Å²) in [4.78, 5) is 23.5. The predicted molar refractivity (Wildman–Crippen MR) is 132 cm³/mol. The Bertz CT molecular complexity index is 1080. The first kappa shape index (κ1) is 22.7. The van der Waals surface area contributed by atoms with Crippen LogP contribution in [0.25, 0.3) is 0 Å². The fourth-order valence-electron chi connectivity index (χ4n) is 3.80. The van der Waals surface area contributed by atoms with Crippen molar-refractivity contribution in [2.24, 2.45) is 0 Å². The summed E-state index contributed by atoms with van der Waals surface area (Å²) >= 11 is 0. The van der Waals surface area contributed by atoms with Crippen LogP contribution in [-0.2, 0) is 0 Å². The van der Waals surface area contributed by atoms with Crippen molar-refractivity contribution < 1.29 is 9.53 Å². The van der Waals surface area contributed by atoms with E-state index in [1.165, 1.54) is 25.9 Å². The number of anilines is 4. The fourth-order valence-corrected chi connectivity index (χ4v) is 3.80. The third kappa shape index (κ3) is 6.29. The molecule has 2 N–H and O–H groups in total. The molecule has 0 amide bonds. The molecule has 0 bridgehead atoms. The fraction of sp³-hybridized carbons (Fsp3) is 0.346. The molecule has 2 aromatic carbocycles. The second-order valence-corrected chi connectivity index (χ2v) is 8.25. The number of nitrogens with zero attached hydrogens (tertiary/aromatic N) is 3.